The van der Waals surface area contributed by atoms with Crippen LogP contribution in [0.4, 0.5) is 0 Å². The number of aliphatic carboxylic acids is 1. The van der Waals surface area contributed by atoms with Crippen molar-refractivity contribution in [2.24, 2.45) is 7.05 Å². The van der Waals surface area contributed by atoms with Crippen molar-refractivity contribution in [1.29, 1.82) is 0 Å². The number of hydrogen-bond acceptors (Lipinski definition) is 3. The van der Waals surface area contributed by atoms with E-state index in [4.69, 9.17) is 5.11 Å². The molecule has 1 aliphatic carbocycles. The lowest BCUT2D eigenvalue weighted by Gasteiger charge is -2.37. The van der Waals surface area contributed by atoms with Crippen LogP contribution < -0.4 is 5.32 Å². The lowest BCUT2D eigenvalue weighted by atomic mass is 9.77. The summed E-state index contributed by atoms with van der Waals surface area (Å²) >= 11 is 0. The first-order chi connectivity index (χ1) is 8.52. The fourth-order valence-corrected chi connectivity index (χ4v) is 1.90. The van der Waals surface area contributed by atoms with Gasteiger partial charge in [-0.3, -0.25) is 9.48 Å². The normalized spacial score (nSPS) is 17.4. The van der Waals surface area contributed by atoms with E-state index >= 15 is 0 Å². The second-order valence-corrected chi connectivity index (χ2v) is 4.51. The lowest BCUT2D eigenvalue weighted by molar-refractivity contribution is -0.151. The van der Waals surface area contributed by atoms with Crippen molar-refractivity contribution < 1.29 is 14.7 Å². The molecule has 96 valence electrons. The Balaban J connectivity index is 1.96. The fraction of sp³-hybridized carbons (Fsp3) is 0.417. The van der Waals surface area contributed by atoms with Crippen LogP contribution in [0.25, 0.3) is 6.08 Å². The van der Waals surface area contributed by atoms with E-state index in [0.29, 0.717) is 12.8 Å². The van der Waals surface area contributed by atoms with E-state index in [1.807, 2.05) is 0 Å². The molecule has 1 heterocycles. The standard InChI is InChI=1S/C12H15N3O3/c1-15-8-9(7-13-15)3-4-10(16)14-12(11(17)18)5-2-6-12/h3-4,7-8H,2,5-6H2,1H3,(H,14,16)(H,17,18)/b4-3+. The summed E-state index contributed by atoms with van der Waals surface area (Å²) in [5.41, 5.74) is -0.262. The summed E-state index contributed by atoms with van der Waals surface area (Å²) in [6.45, 7) is 0. The molecule has 1 aromatic rings. The number of nitrogens with one attached hydrogen (secondary N) is 1. The Morgan fingerprint density at radius 1 is 1.56 bits per heavy atom. The van der Waals surface area contributed by atoms with Crippen LogP contribution in [0.5, 0.6) is 0 Å². The van der Waals surface area contributed by atoms with E-state index < -0.39 is 11.5 Å². The van der Waals surface area contributed by atoms with Crippen LogP contribution in [0.1, 0.15) is 24.8 Å². The molecule has 0 saturated heterocycles. The number of carbonyl (C=O) groups is 2. The van der Waals surface area contributed by atoms with Gasteiger partial charge in [-0.05, 0) is 25.3 Å². The highest BCUT2D eigenvalue weighted by Gasteiger charge is 2.45. The molecule has 1 fully saturated rings. The van der Waals surface area contributed by atoms with Gasteiger partial charge in [-0.1, -0.05) is 0 Å². The second-order valence-electron chi connectivity index (χ2n) is 4.51. The molecule has 1 aromatic heterocycles. The van der Waals surface area contributed by atoms with E-state index in [-0.39, 0.29) is 5.91 Å². The van der Waals surface area contributed by atoms with Crippen molar-refractivity contribution in [2.75, 3.05) is 0 Å². The first-order valence-electron chi connectivity index (χ1n) is 5.74. The highest BCUT2D eigenvalue weighted by atomic mass is 16.4. The van der Waals surface area contributed by atoms with Crippen molar-refractivity contribution in [3.05, 3.63) is 24.0 Å². The van der Waals surface area contributed by atoms with Crippen LogP contribution in [-0.4, -0.2) is 32.3 Å². The first-order valence-corrected chi connectivity index (χ1v) is 5.74. The Hall–Kier alpha value is -2.11. The monoisotopic (exact) mass is 249 g/mol. The summed E-state index contributed by atoms with van der Waals surface area (Å²) in [6.07, 6.45) is 8.15. The van der Waals surface area contributed by atoms with Gasteiger partial charge < -0.3 is 10.4 Å². The van der Waals surface area contributed by atoms with Gasteiger partial charge in [-0.15, -0.1) is 0 Å². The molecule has 6 heteroatoms. The molecule has 0 unspecified atom stereocenters. The summed E-state index contributed by atoms with van der Waals surface area (Å²) in [5.74, 6) is -1.35. The maximum absolute atomic E-state index is 11.6. The number of carbonyl (C=O) groups excluding carboxylic acids is 1. The zero-order chi connectivity index (χ0) is 13.2. The first kappa shape index (κ1) is 12.3. The molecule has 18 heavy (non-hydrogen) atoms. The van der Waals surface area contributed by atoms with Gasteiger partial charge in [-0.2, -0.15) is 5.10 Å². The Morgan fingerprint density at radius 2 is 2.28 bits per heavy atom. The van der Waals surface area contributed by atoms with Crippen LogP contribution in [0, 0.1) is 0 Å². The maximum atomic E-state index is 11.6. The van der Waals surface area contributed by atoms with Crippen LogP contribution in [0.2, 0.25) is 0 Å². The van der Waals surface area contributed by atoms with Crippen molar-refractivity contribution in [1.82, 2.24) is 15.1 Å². The number of hydrogen-bond donors (Lipinski definition) is 2. The summed E-state index contributed by atoms with van der Waals surface area (Å²) in [4.78, 5) is 22.7. The van der Waals surface area contributed by atoms with Gasteiger partial charge >= 0.3 is 5.97 Å². The number of aryl methyl sites for hydroxylation is 1. The molecule has 2 N–H and O–H groups in total. The zero-order valence-electron chi connectivity index (χ0n) is 10.1. The topological polar surface area (TPSA) is 84.2 Å². The van der Waals surface area contributed by atoms with E-state index in [0.717, 1.165) is 12.0 Å². The molecule has 1 saturated carbocycles. The SMILES string of the molecule is Cn1cc(/C=C/C(=O)NC2(C(=O)O)CCC2)cn1. The van der Waals surface area contributed by atoms with Gasteiger partial charge in [0.1, 0.15) is 5.54 Å². The van der Waals surface area contributed by atoms with Crippen LogP contribution >= 0.6 is 0 Å². The minimum absolute atomic E-state index is 0.388. The number of carboxylic acid groups (broad SMARTS) is 1. The van der Waals surface area contributed by atoms with Crippen molar-refractivity contribution >= 4 is 18.0 Å². The van der Waals surface area contributed by atoms with E-state index in [9.17, 15) is 9.59 Å². The molecular formula is C12H15N3O3. The molecule has 1 aliphatic rings. The quantitative estimate of drug-likeness (QED) is 0.763. The summed E-state index contributed by atoms with van der Waals surface area (Å²) < 4.78 is 1.63. The highest BCUT2D eigenvalue weighted by molar-refractivity contribution is 5.96. The molecule has 0 atom stereocenters. The molecule has 1 amide bonds. The predicted molar refractivity (Wildman–Crippen MR) is 64.6 cm³/mol. The minimum atomic E-state index is -1.06. The molecule has 6 nitrogen and oxygen atoms in total. The van der Waals surface area contributed by atoms with Gasteiger partial charge in [0.25, 0.3) is 0 Å². The Labute approximate surface area is 104 Å². The Morgan fingerprint density at radius 3 is 2.72 bits per heavy atom. The van der Waals surface area contributed by atoms with Crippen LogP contribution in [0.3, 0.4) is 0 Å². The number of aromatic nitrogens is 2. The van der Waals surface area contributed by atoms with Crippen LogP contribution in [-0.2, 0) is 16.6 Å². The molecule has 2 rings (SSSR count). The van der Waals surface area contributed by atoms with E-state index in [1.165, 1.54) is 6.08 Å². The smallest absolute Gasteiger partial charge is 0.329 e. The molecular weight excluding hydrogens is 234 g/mol. The van der Waals surface area contributed by atoms with Gasteiger partial charge in [0.05, 0.1) is 6.20 Å². The van der Waals surface area contributed by atoms with Gasteiger partial charge in [0.15, 0.2) is 0 Å². The van der Waals surface area contributed by atoms with Gasteiger partial charge in [-0.25, -0.2) is 4.79 Å². The summed E-state index contributed by atoms with van der Waals surface area (Å²) in [6, 6.07) is 0. The predicted octanol–water partition coefficient (Wildman–Crippen LogP) is 0.557. The summed E-state index contributed by atoms with van der Waals surface area (Å²) in [7, 11) is 1.78. The highest BCUT2D eigenvalue weighted by Crippen LogP contribution is 2.31. The lowest BCUT2D eigenvalue weighted by Crippen LogP contribution is -2.58. The maximum Gasteiger partial charge on any atom is 0.329 e. The third-order valence-electron chi connectivity index (χ3n) is 3.13. The minimum Gasteiger partial charge on any atom is -0.480 e. The molecule has 0 bridgehead atoms. The molecule has 0 aromatic carbocycles. The number of amides is 1. The Kier molecular flexibility index (Phi) is 3.18. The largest absolute Gasteiger partial charge is 0.480 e. The number of nitrogens with zero attached hydrogens (tertiary/aromatic N) is 2. The average molecular weight is 249 g/mol. The Bertz CT molecular complexity index is 500. The van der Waals surface area contributed by atoms with Crippen molar-refractivity contribution in [3.63, 3.8) is 0 Å². The van der Waals surface area contributed by atoms with Crippen molar-refractivity contribution in [2.45, 2.75) is 24.8 Å². The number of carboxylic acids is 1. The van der Waals surface area contributed by atoms with E-state index in [2.05, 4.69) is 10.4 Å². The molecule has 0 radical (unpaired) electrons. The van der Waals surface area contributed by atoms with Gasteiger partial charge in [0.2, 0.25) is 5.91 Å². The van der Waals surface area contributed by atoms with Gasteiger partial charge in [0, 0.05) is 24.9 Å². The third kappa shape index (κ3) is 2.42. The third-order valence-corrected chi connectivity index (χ3v) is 3.13. The number of rotatable bonds is 4. The van der Waals surface area contributed by atoms with Crippen LogP contribution in [0.15, 0.2) is 18.5 Å². The average Bonchev–Trinajstić information content (AvgIpc) is 2.66. The zero-order valence-corrected chi connectivity index (χ0v) is 10.1. The molecule has 0 spiro atoms. The summed E-state index contributed by atoms with van der Waals surface area (Å²) in [5, 5.41) is 15.6. The van der Waals surface area contributed by atoms with E-state index in [1.54, 1.807) is 30.2 Å². The fourth-order valence-electron chi connectivity index (χ4n) is 1.90. The molecule has 0 aliphatic heterocycles. The second kappa shape index (κ2) is 4.64. The van der Waals surface area contributed by atoms with Crippen molar-refractivity contribution in [3.8, 4) is 0 Å².